The molecule has 2 rings (SSSR count). The number of aromatic nitrogens is 3. The number of unbranched alkanes of at least 4 members (excludes halogenated alkanes) is 1. The number of hydrogen-bond acceptors (Lipinski definition) is 3. The number of rotatable bonds is 5. The maximum Gasteiger partial charge on any atom is 0.200 e. The Hall–Kier alpha value is -2.03. The molecule has 4 nitrogen and oxygen atoms in total. The maximum atomic E-state index is 13.6. The van der Waals surface area contributed by atoms with Crippen LogP contribution in [-0.2, 0) is 6.42 Å². The molecule has 1 aromatic carbocycles. The molecule has 2 N–H and O–H groups in total. The van der Waals surface area contributed by atoms with Crippen molar-refractivity contribution < 1.29 is 22.0 Å². The van der Waals surface area contributed by atoms with Crippen LogP contribution in [-0.4, -0.2) is 21.5 Å². The molecule has 0 unspecified atom stereocenters. The van der Waals surface area contributed by atoms with Crippen molar-refractivity contribution in [2.45, 2.75) is 19.3 Å². The van der Waals surface area contributed by atoms with E-state index in [0.717, 1.165) is 12.6 Å². The molecule has 114 valence electrons. The minimum Gasteiger partial charge on any atom is -0.330 e. The molecule has 0 amide bonds. The number of benzene rings is 1. The van der Waals surface area contributed by atoms with E-state index in [1.54, 1.807) is 0 Å². The Morgan fingerprint density at radius 1 is 0.905 bits per heavy atom. The highest BCUT2D eigenvalue weighted by molar-refractivity contribution is 5.36. The summed E-state index contributed by atoms with van der Waals surface area (Å²) >= 11 is 0. The van der Waals surface area contributed by atoms with Crippen LogP contribution in [0.1, 0.15) is 18.5 Å². The lowest BCUT2D eigenvalue weighted by molar-refractivity contribution is 0.373. The molecule has 1 heterocycles. The quantitative estimate of drug-likeness (QED) is 0.399. The van der Waals surface area contributed by atoms with Gasteiger partial charge in [-0.05, 0) is 25.8 Å². The van der Waals surface area contributed by atoms with Crippen molar-refractivity contribution in [1.29, 1.82) is 0 Å². The molecule has 0 fully saturated rings. The van der Waals surface area contributed by atoms with Gasteiger partial charge in [-0.3, -0.25) is 0 Å². The Kier molecular flexibility index (Phi) is 4.51. The zero-order valence-electron chi connectivity index (χ0n) is 10.7. The van der Waals surface area contributed by atoms with E-state index < -0.39 is 34.8 Å². The molecular formula is C12H11F5N4. The van der Waals surface area contributed by atoms with Crippen LogP contribution < -0.4 is 5.73 Å². The smallest absolute Gasteiger partial charge is 0.200 e. The van der Waals surface area contributed by atoms with Gasteiger partial charge in [0, 0.05) is 0 Å². The first-order chi connectivity index (χ1) is 9.97. The summed E-state index contributed by atoms with van der Waals surface area (Å²) in [6.45, 7) is 0.478. The summed E-state index contributed by atoms with van der Waals surface area (Å²) < 4.78 is 66.8. The number of halogens is 5. The molecule has 0 saturated heterocycles. The van der Waals surface area contributed by atoms with Gasteiger partial charge in [0.05, 0.1) is 11.9 Å². The second-order valence-electron chi connectivity index (χ2n) is 4.32. The van der Waals surface area contributed by atoms with Crippen molar-refractivity contribution in [1.82, 2.24) is 15.0 Å². The monoisotopic (exact) mass is 306 g/mol. The van der Waals surface area contributed by atoms with E-state index in [1.165, 1.54) is 0 Å². The summed E-state index contributed by atoms with van der Waals surface area (Å²) in [6.07, 6.45) is 2.95. The second kappa shape index (κ2) is 6.17. The standard InChI is InChI=1S/C12H11F5N4/c13-7-8(14)10(16)12(11(17)9(7)15)21-5-6(19-20-21)3-1-2-4-18/h5H,1-4,18H2. The van der Waals surface area contributed by atoms with Crippen molar-refractivity contribution in [2.75, 3.05) is 6.54 Å². The first-order valence-corrected chi connectivity index (χ1v) is 6.10. The van der Waals surface area contributed by atoms with E-state index in [2.05, 4.69) is 10.3 Å². The number of nitrogens with two attached hydrogens (primary N) is 1. The molecule has 9 heteroatoms. The molecule has 1 aromatic heterocycles. The van der Waals surface area contributed by atoms with Gasteiger partial charge in [-0.2, -0.15) is 0 Å². The summed E-state index contributed by atoms with van der Waals surface area (Å²) in [7, 11) is 0. The summed E-state index contributed by atoms with van der Waals surface area (Å²) in [5, 5.41) is 7.03. The lowest BCUT2D eigenvalue weighted by Gasteiger charge is -2.06. The van der Waals surface area contributed by atoms with Gasteiger partial charge in [0.25, 0.3) is 0 Å². The normalized spacial score (nSPS) is 11.1. The van der Waals surface area contributed by atoms with Crippen LogP contribution in [0.25, 0.3) is 5.69 Å². The third-order valence-corrected chi connectivity index (χ3v) is 2.84. The fourth-order valence-corrected chi connectivity index (χ4v) is 1.77. The number of nitrogens with zero attached hydrogens (tertiary/aromatic N) is 3. The van der Waals surface area contributed by atoms with Gasteiger partial charge in [-0.25, -0.2) is 26.6 Å². The average molecular weight is 306 g/mol. The molecule has 0 aliphatic rings. The highest BCUT2D eigenvalue weighted by Crippen LogP contribution is 2.25. The van der Waals surface area contributed by atoms with Gasteiger partial charge in [-0.1, -0.05) is 5.21 Å². The first kappa shape index (κ1) is 15.4. The molecule has 0 aliphatic carbocycles. The molecule has 2 aromatic rings. The summed E-state index contributed by atoms with van der Waals surface area (Å²) in [5.74, 6) is -10.2. The van der Waals surface area contributed by atoms with E-state index in [0.29, 0.717) is 29.8 Å². The van der Waals surface area contributed by atoms with Crippen molar-refractivity contribution >= 4 is 0 Å². The lowest BCUT2D eigenvalue weighted by atomic mass is 10.2. The fourth-order valence-electron chi connectivity index (χ4n) is 1.77. The van der Waals surface area contributed by atoms with Gasteiger partial charge in [0.2, 0.25) is 5.82 Å². The topological polar surface area (TPSA) is 56.7 Å². The Morgan fingerprint density at radius 3 is 2.05 bits per heavy atom. The van der Waals surface area contributed by atoms with E-state index in [1.807, 2.05) is 0 Å². The van der Waals surface area contributed by atoms with Crippen LogP contribution >= 0.6 is 0 Å². The predicted octanol–water partition coefficient (Wildman–Crippen LogP) is 2.24. The molecule has 0 aliphatic heterocycles. The molecule has 21 heavy (non-hydrogen) atoms. The summed E-state index contributed by atoms with van der Waals surface area (Å²) in [5.41, 5.74) is 4.54. The van der Waals surface area contributed by atoms with Crippen LogP contribution in [0.5, 0.6) is 0 Å². The summed E-state index contributed by atoms with van der Waals surface area (Å²) in [4.78, 5) is 0. The van der Waals surface area contributed by atoms with Crippen LogP contribution in [0.3, 0.4) is 0 Å². The second-order valence-corrected chi connectivity index (χ2v) is 4.32. The lowest BCUT2D eigenvalue weighted by Crippen LogP contribution is -2.10. The SMILES string of the molecule is NCCCCc1cn(-c2c(F)c(F)c(F)c(F)c2F)nn1. The largest absolute Gasteiger partial charge is 0.330 e. The minimum atomic E-state index is -2.21. The first-order valence-electron chi connectivity index (χ1n) is 6.10. The van der Waals surface area contributed by atoms with Crippen LogP contribution in [0.2, 0.25) is 0 Å². The highest BCUT2D eigenvalue weighted by atomic mass is 19.2. The van der Waals surface area contributed by atoms with Gasteiger partial charge in [-0.15, -0.1) is 5.10 Å². The van der Waals surface area contributed by atoms with Crippen molar-refractivity contribution in [3.05, 3.63) is 41.0 Å². The van der Waals surface area contributed by atoms with Crippen molar-refractivity contribution in [2.24, 2.45) is 5.73 Å². The number of hydrogen-bond donors (Lipinski definition) is 1. The zero-order chi connectivity index (χ0) is 15.6. The third-order valence-electron chi connectivity index (χ3n) is 2.84. The minimum absolute atomic E-state index is 0.368. The van der Waals surface area contributed by atoms with E-state index in [4.69, 9.17) is 5.73 Å². The Labute approximate surface area is 116 Å². The molecule has 0 bridgehead atoms. The number of aryl methyl sites for hydroxylation is 1. The highest BCUT2D eigenvalue weighted by Gasteiger charge is 2.27. The molecule has 0 saturated carbocycles. The average Bonchev–Trinajstić information content (AvgIpc) is 2.92. The maximum absolute atomic E-state index is 13.6. The third kappa shape index (κ3) is 2.87. The van der Waals surface area contributed by atoms with Crippen LogP contribution in [0.4, 0.5) is 22.0 Å². The predicted molar refractivity (Wildman–Crippen MR) is 63.1 cm³/mol. The van der Waals surface area contributed by atoms with Gasteiger partial charge in [0.1, 0.15) is 5.69 Å². The van der Waals surface area contributed by atoms with Crippen molar-refractivity contribution in [3.63, 3.8) is 0 Å². The molecule has 0 spiro atoms. The van der Waals surface area contributed by atoms with E-state index in [9.17, 15) is 22.0 Å². The van der Waals surface area contributed by atoms with Crippen LogP contribution in [0.15, 0.2) is 6.20 Å². The Bertz CT molecular complexity index is 626. The van der Waals surface area contributed by atoms with E-state index >= 15 is 0 Å². The van der Waals surface area contributed by atoms with E-state index in [-0.39, 0.29) is 0 Å². The Morgan fingerprint density at radius 2 is 1.48 bits per heavy atom. The molecular weight excluding hydrogens is 295 g/mol. The van der Waals surface area contributed by atoms with Crippen LogP contribution in [0, 0.1) is 29.1 Å². The van der Waals surface area contributed by atoms with Gasteiger partial charge in [0.15, 0.2) is 23.3 Å². The fraction of sp³-hybridized carbons (Fsp3) is 0.333. The molecule has 0 atom stereocenters. The van der Waals surface area contributed by atoms with Gasteiger partial charge < -0.3 is 5.73 Å². The summed E-state index contributed by atoms with van der Waals surface area (Å²) in [6, 6.07) is 0. The Balaban J connectivity index is 2.39. The van der Waals surface area contributed by atoms with Gasteiger partial charge >= 0.3 is 0 Å². The van der Waals surface area contributed by atoms with Crippen molar-refractivity contribution in [3.8, 4) is 5.69 Å². The zero-order valence-corrected chi connectivity index (χ0v) is 10.7. The molecule has 0 radical (unpaired) electrons.